The second-order valence-corrected chi connectivity index (χ2v) is 4.84. The molecule has 2 rings (SSSR count). The minimum absolute atomic E-state index is 0.184. The van der Waals surface area contributed by atoms with E-state index in [0.717, 1.165) is 5.69 Å². The summed E-state index contributed by atoms with van der Waals surface area (Å²) in [6.07, 6.45) is 4.80. The number of carbonyl (C=O) groups excluding carboxylic acids is 1. The first-order valence-corrected chi connectivity index (χ1v) is 6.26. The molecule has 0 aliphatic carbocycles. The van der Waals surface area contributed by atoms with Crippen LogP contribution in [0.4, 0.5) is 5.69 Å². The molecule has 0 atom stereocenters. The molecule has 0 saturated carbocycles. The Hall–Kier alpha value is -1.46. The minimum atomic E-state index is -0.222. The molecule has 0 saturated heterocycles. The number of pyridine rings is 2. The van der Waals surface area contributed by atoms with Gasteiger partial charge in [-0.15, -0.1) is 0 Å². The largest absolute Gasteiger partial charge is 0.311 e. The number of amides is 1. The van der Waals surface area contributed by atoms with Crippen LogP contribution < -0.4 is 4.90 Å². The first-order valence-electron chi connectivity index (χ1n) is 5.08. The number of nitrogens with zero attached hydrogens (tertiary/aromatic N) is 3. The number of aromatic nitrogens is 2. The molecule has 4 nitrogen and oxygen atoms in total. The summed E-state index contributed by atoms with van der Waals surface area (Å²) in [4.78, 5) is 21.6. The molecule has 2 aromatic rings. The first kappa shape index (κ1) is 13.0. The summed E-state index contributed by atoms with van der Waals surface area (Å²) >= 11 is 9.20. The molecule has 0 aliphatic heterocycles. The highest BCUT2D eigenvalue weighted by atomic mass is 79.9. The van der Waals surface area contributed by atoms with Crippen LogP contribution in [0.1, 0.15) is 10.4 Å². The van der Waals surface area contributed by atoms with Gasteiger partial charge in [0.05, 0.1) is 5.56 Å². The standard InChI is InChI=1S/C12H9BrClN3O/c1-17(9-2-4-15-5-3-9)12(18)10-6-8(13)7-16-11(10)14/h2-7H,1H3. The van der Waals surface area contributed by atoms with E-state index in [0.29, 0.717) is 10.0 Å². The Kier molecular flexibility index (Phi) is 3.93. The van der Waals surface area contributed by atoms with E-state index in [9.17, 15) is 4.79 Å². The maximum atomic E-state index is 12.3. The van der Waals surface area contributed by atoms with Gasteiger partial charge in [-0.25, -0.2) is 4.98 Å². The van der Waals surface area contributed by atoms with Crippen LogP contribution in [-0.2, 0) is 0 Å². The lowest BCUT2D eigenvalue weighted by Crippen LogP contribution is -2.26. The summed E-state index contributed by atoms with van der Waals surface area (Å²) in [7, 11) is 1.68. The number of hydrogen-bond donors (Lipinski definition) is 0. The Labute approximate surface area is 118 Å². The van der Waals surface area contributed by atoms with Crippen molar-refractivity contribution in [1.82, 2.24) is 9.97 Å². The van der Waals surface area contributed by atoms with Crippen LogP contribution in [0.25, 0.3) is 0 Å². The van der Waals surface area contributed by atoms with Gasteiger partial charge < -0.3 is 4.90 Å². The molecule has 0 radical (unpaired) electrons. The topological polar surface area (TPSA) is 46.1 Å². The Bertz CT molecular complexity index is 577. The van der Waals surface area contributed by atoms with E-state index in [1.807, 2.05) is 0 Å². The second kappa shape index (κ2) is 5.46. The van der Waals surface area contributed by atoms with Gasteiger partial charge in [0.15, 0.2) is 0 Å². The molecule has 0 aliphatic rings. The second-order valence-electron chi connectivity index (χ2n) is 3.56. The summed E-state index contributed by atoms with van der Waals surface area (Å²) < 4.78 is 0.707. The Morgan fingerprint density at radius 3 is 2.72 bits per heavy atom. The SMILES string of the molecule is CN(C(=O)c1cc(Br)cnc1Cl)c1ccncc1. The molecular weight excluding hydrogens is 318 g/mol. The predicted octanol–water partition coefficient (Wildman–Crippen LogP) is 3.17. The molecule has 6 heteroatoms. The average Bonchev–Trinajstić information content (AvgIpc) is 2.41. The summed E-state index contributed by atoms with van der Waals surface area (Å²) in [6, 6.07) is 5.14. The maximum absolute atomic E-state index is 12.3. The molecule has 18 heavy (non-hydrogen) atoms. The maximum Gasteiger partial charge on any atom is 0.261 e. The normalized spacial score (nSPS) is 10.2. The Morgan fingerprint density at radius 2 is 2.06 bits per heavy atom. The van der Waals surface area contributed by atoms with Crippen LogP contribution in [0.15, 0.2) is 41.3 Å². The van der Waals surface area contributed by atoms with Crippen molar-refractivity contribution < 1.29 is 4.79 Å². The molecule has 1 amide bonds. The van der Waals surface area contributed by atoms with Crippen molar-refractivity contribution in [2.45, 2.75) is 0 Å². The molecule has 0 fully saturated rings. The van der Waals surface area contributed by atoms with Crippen molar-refractivity contribution in [2.24, 2.45) is 0 Å². The van der Waals surface area contributed by atoms with Crippen LogP contribution in [0.3, 0.4) is 0 Å². The summed E-state index contributed by atoms with van der Waals surface area (Å²) in [5.41, 5.74) is 1.09. The number of hydrogen-bond acceptors (Lipinski definition) is 3. The lowest BCUT2D eigenvalue weighted by molar-refractivity contribution is 0.0993. The fraction of sp³-hybridized carbons (Fsp3) is 0.0833. The van der Waals surface area contributed by atoms with Gasteiger partial charge in [-0.3, -0.25) is 9.78 Å². The van der Waals surface area contributed by atoms with Crippen molar-refractivity contribution in [1.29, 1.82) is 0 Å². The molecule has 0 aromatic carbocycles. The molecular formula is C12H9BrClN3O. The molecule has 0 N–H and O–H groups in total. The summed E-state index contributed by atoms with van der Waals surface area (Å²) in [6.45, 7) is 0. The first-order chi connectivity index (χ1) is 8.59. The zero-order valence-electron chi connectivity index (χ0n) is 9.47. The fourth-order valence-corrected chi connectivity index (χ4v) is 1.95. The summed E-state index contributed by atoms with van der Waals surface area (Å²) in [5.74, 6) is -0.222. The van der Waals surface area contributed by atoms with Gasteiger partial charge in [0.25, 0.3) is 5.91 Å². The third-order valence-corrected chi connectivity index (χ3v) is 3.13. The third-order valence-electron chi connectivity index (χ3n) is 2.39. The van der Waals surface area contributed by atoms with Gasteiger partial charge in [0, 0.05) is 35.8 Å². The van der Waals surface area contributed by atoms with Crippen molar-refractivity contribution >= 4 is 39.1 Å². The van der Waals surface area contributed by atoms with Crippen molar-refractivity contribution in [3.63, 3.8) is 0 Å². The molecule has 0 unspecified atom stereocenters. The minimum Gasteiger partial charge on any atom is -0.311 e. The van der Waals surface area contributed by atoms with E-state index in [2.05, 4.69) is 25.9 Å². The van der Waals surface area contributed by atoms with E-state index < -0.39 is 0 Å². The van der Waals surface area contributed by atoms with Gasteiger partial charge in [-0.1, -0.05) is 11.6 Å². The van der Waals surface area contributed by atoms with E-state index in [4.69, 9.17) is 11.6 Å². The Balaban J connectivity index is 2.34. The number of anilines is 1. The van der Waals surface area contributed by atoms with E-state index in [1.54, 1.807) is 43.8 Å². The third kappa shape index (κ3) is 2.68. The van der Waals surface area contributed by atoms with Crippen LogP contribution >= 0.6 is 27.5 Å². The van der Waals surface area contributed by atoms with Crippen LogP contribution in [0.2, 0.25) is 5.15 Å². The van der Waals surface area contributed by atoms with Crippen molar-refractivity contribution in [3.8, 4) is 0 Å². The van der Waals surface area contributed by atoms with E-state index in [-0.39, 0.29) is 11.1 Å². The summed E-state index contributed by atoms with van der Waals surface area (Å²) in [5, 5.41) is 0.184. The van der Waals surface area contributed by atoms with Gasteiger partial charge in [0.1, 0.15) is 5.15 Å². The molecule has 2 aromatic heterocycles. The zero-order valence-corrected chi connectivity index (χ0v) is 11.8. The number of rotatable bonds is 2. The predicted molar refractivity (Wildman–Crippen MR) is 73.9 cm³/mol. The van der Waals surface area contributed by atoms with E-state index >= 15 is 0 Å². The fourth-order valence-electron chi connectivity index (χ4n) is 1.44. The quantitative estimate of drug-likeness (QED) is 0.796. The lowest BCUT2D eigenvalue weighted by atomic mass is 10.2. The average molecular weight is 327 g/mol. The van der Waals surface area contributed by atoms with Gasteiger partial charge in [0.2, 0.25) is 0 Å². The van der Waals surface area contributed by atoms with Gasteiger partial charge in [-0.2, -0.15) is 0 Å². The van der Waals surface area contributed by atoms with E-state index in [1.165, 1.54) is 4.90 Å². The highest BCUT2D eigenvalue weighted by Crippen LogP contribution is 2.21. The molecule has 2 heterocycles. The van der Waals surface area contributed by atoms with Gasteiger partial charge >= 0.3 is 0 Å². The highest BCUT2D eigenvalue weighted by molar-refractivity contribution is 9.10. The molecule has 92 valence electrons. The molecule has 0 bridgehead atoms. The van der Waals surface area contributed by atoms with Crippen LogP contribution in [0, 0.1) is 0 Å². The molecule has 0 spiro atoms. The number of halogens is 2. The highest BCUT2D eigenvalue weighted by Gasteiger charge is 2.17. The smallest absolute Gasteiger partial charge is 0.261 e. The van der Waals surface area contributed by atoms with Crippen molar-refractivity contribution in [2.75, 3.05) is 11.9 Å². The van der Waals surface area contributed by atoms with Crippen molar-refractivity contribution in [3.05, 3.63) is 52.0 Å². The monoisotopic (exact) mass is 325 g/mol. The van der Waals surface area contributed by atoms with Gasteiger partial charge in [-0.05, 0) is 34.1 Å². The Morgan fingerprint density at radius 1 is 1.39 bits per heavy atom. The van der Waals surface area contributed by atoms with Crippen LogP contribution in [-0.4, -0.2) is 22.9 Å². The van der Waals surface area contributed by atoms with Crippen LogP contribution in [0.5, 0.6) is 0 Å². The lowest BCUT2D eigenvalue weighted by Gasteiger charge is -2.17. The number of carbonyl (C=O) groups is 1. The zero-order chi connectivity index (χ0) is 13.1.